The van der Waals surface area contributed by atoms with E-state index < -0.39 is 9.05 Å². The van der Waals surface area contributed by atoms with E-state index in [9.17, 15) is 8.42 Å². The molecule has 0 bridgehead atoms. The van der Waals surface area contributed by atoms with Crippen LogP contribution >= 0.6 is 26.6 Å². The van der Waals surface area contributed by atoms with Gasteiger partial charge >= 0.3 is 0 Å². The van der Waals surface area contributed by atoms with Gasteiger partial charge in [0.2, 0.25) is 0 Å². The highest BCUT2D eigenvalue weighted by Crippen LogP contribution is 2.29. The van der Waals surface area contributed by atoms with E-state index in [-0.39, 0.29) is 10.5 Å². The average molecular weight is 295 g/mol. The van der Waals surface area contributed by atoms with Crippen LogP contribution in [-0.2, 0) is 9.05 Å². The Labute approximate surface area is 94.9 Å². The Morgan fingerprint density at radius 1 is 1.50 bits per heavy atom. The molecule has 0 atom stereocenters. The van der Waals surface area contributed by atoms with Crippen molar-refractivity contribution < 1.29 is 8.42 Å². The summed E-state index contributed by atoms with van der Waals surface area (Å²) in [5, 5.41) is 8.71. The van der Waals surface area contributed by atoms with Crippen molar-refractivity contribution in [3.63, 3.8) is 0 Å². The fraction of sp³-hybridized carbons (Fsp3) is 0.125. The maximum Gasteiger partial charge on any atom is 0.262 e. The van der Waals surface area contributed by atoms with Crippen LogP contribution < -0.4 is 0 Å². The molecule has 0 amide bonds. The lowest BCUT2D eigenvalue weighted by Gasteiger charge is -2.05. The maximum atomic E-state index is 11.2. The van der Waals surface area contributed by atoms with Crippen LogP contribution in [0.4, 0.5) is 0 Å². The molecule has 14 heavy (non-hydrogen) atoms. The monoisotopic (exact) mass is 293 g/mol. The molecular weight excluding hydrogens is 290 g/mol. The Morgan fingerprint density at radius 3 is 2.50 bits per heavy atom. The molecule has 3 nitrogen and oxygen atoms in total. The maximum absolute atomic E-state index is 11.2. The Hall–Kier alpha value is -0.570. The average Bonchev–Trinajstić information content (AvgIpc) is 2.07. The quantitative estimate of drug-likeness (QED) is 0.748. The van der Waals surface area contributed by atoms with Crippen LogP contribution in [0.2, 0.25) is 0 Å². The third-order valence-corrected chi connectivity index (χ3v) is 4.04. The van der Waals surface area contributed by atoms with Crippen LogP contribution in [0.5, 0.6) is 0 Å². The second kappa shape index (κ2) is 3.89. The van der Waals surface area contributed by atoms with Gasteiger partial charge in [0.15, 0.2) is 0 Å². The zero-order valence-corrected chi connectivity index (χ0v) is 10.2. The van der Waals surface area contributed by atoms with Gasteiger partial charge in [0.25, 0.3) is 9.05 Å². The SMILES string of the molecule is Cc1c(Br)ccc(C#N)c1S(=O)(=O)Cl. The van der Waals surface area contributed by atoms with Crippen LogP contribution in [0, 0.1) is 18.3 Å². The van der Waals surface area contributed by atoms with Crippen molar-refractivity contribution in [3.05, 3.63) is 27.7 Å². The predicted octanol–water partition coefficient (Wildman–Crippen LogP) is 2.56. The van der Waals surface area contributed by atoms with Crippen LogP contribution in [0.25, 0.3) is 0 Å². The molecule has 0 aliphatic carbocycles. The van der Waals surface area contributed by atoms with E-state index >= 15 is 0 Å². The lowest BCUT2D eigenvalue weighted by atomic mass is 10.1. The van der Waals surface area contributed by atoms with Gasteiger partial charge in [-0.3, -0.25) is 0 Å². The Balaban J connectivity index is 3.72. The molecule has 1 aromatic rings. The van der Waals surface area contributed by atoms with Crippen molar-refractivity contribution in [1.82, 2.24) is 0 Å². The summed E-state index contributed by atoms with van der Waals surface area (Å²) in [4.78, 5) is -0.129. The van der Waals surface area contributed by atoms with Gasteiger partial charge in [-0.15, -0.1) is 0 Å². The smallest absolute Gasteiger partial charge is 0.207 e. The normalized spacial score (nSPS) is 11.0. The molecule has 1 aromatic carbocycles. The van der Waals surface area contributed by atoms with Crippen LogP contribution in [0.15, 0.2) is 21.5 Å². The molecule has 0 N–H and O–H groups in total. The molecule has 6 heteroatoms. The zero-order valence-electron chi connectivity index (χ0n) is 7.08. The third-order valence-electron chi connectivity index (χ3n) is 1.70. The molecule has 0 aliphatic rings. The first-order chi connectivity index (χ1) is 6.38. The lowest BCUT2D eigenvalue weighted by molar-refractivity contribution is 0.608. The summed E-state index contributed by atoms with van der Waals surface area (Å²) in [6.45, 7) is 1.58. The van der Waals surface area contributed by atoms with Crippen LogP contribution in [0.3, 0.4) is 0 Å². The minimum Gasteiger partial charge on any atom is -0.207 e. The van der Waals surface area contributed by atoms with Gasteiger partial charge in [0.05, 0.1) is 5.56 Å². The molecule has 74 valence electrons. The summed E-state index contributed by atoms with van der Waals surface area (Å²) in [7, 11) is 1.34. The second-order valence-electron chi connectivity index (χ2n) is 2.60. The van der Waals surface area contributed by atoms with Crippen molar-refractivity contribution in [2.45, 2.75) is 11.8 Å². The number of halogens is 2. The first-order valence-electron chi connectivity index (χ1n) is 3.52. The number of nitriles is 1. The first kappa shape index (κ1) is 11.5. The highest BCUT2D eigenvalue weighted by Gasteiger charge is 2.20. The summed E-state index contributed by atoms with van der Waals surface area (Å²) in [6.07, 6.45) is 0. The summed E-state index contributed by atoms with van der Waals surface area (Å²) < 4.78 is 23.0. The van der Waals surface area contributed by atoms with Gasteiger partial charge in [-0.2, -0.15) is 5.26 Å². The van der Waals surface area contributed by atoms with Crippen molar-refractivity contribution in [1.29, 1.82) is 5.26 Å². The second-order valence-corrected chi connectivity index (χ2v) is 5.96. The fourth-order valence-corrected chi connectivity index (χ4v) is 2.98. The van der Waals surface area contributed by atoms with Crippen molar-refractivity contribution in [3.8, 4) is 6.07 Å². The topological polar surface area (TPSA) is 57.9 Å². The van der Waals surface area contributed by atoms with Crippen molar-refractivity contribution >= 4 is 35.7 Å². The van der Waals surface area contributed by atoms with Crippen LogP contribution in [0.1, 0.15) is 11.1 Å². The molecule has 0 spiro atoms. The Morgan fingerprint density at radius 2 is 2.07 bits per heavy atom. The Bertz CT molecular complexity index is 519. The Kier molecular flexibility index (Phi) is 3.20. The molecule has 1 rings (SSSR count). The molecule has 0 aromatic heterocycles. The third kappa shape index (κ3) is 2.08. The van der Waals surface area contributed by atoms with Crippen molar-refractivity contribution in [2.75, 3.05) is 0 Å². The molecule has 0 radical (unpaired) electrons. The summed E-state index contributed by atoms with van der Waals surface area (Å²) in [6, 6.07) is 4.81. The largest absolute Gasteiger partial charge is 0.262 e. The fourth-order valence-electron chi connectivity index (χ4n) is 1.07. The van der Waals surface area contributed by atoms with E-state index in [0.29, 0.717) is 10.0 Å². The number of hydrogen-bond donors (Lipinski definition) is 0. The van der Waals surface area contributed by atoms with Gasteiger partial charge in [0, 0.05) is 15.2 Å². The lowest BCUT2D eigenvalue weighted by Crippen LogP contribution is -1.99. The molecular formula is C8H5BrClNO2S. The van der Waals surface area contributed by atoms with Crippen molar-refractivity contribution in [2.24, 2.45) is 0 Å². The molecule has 0 unspecified atom stereocenters. The van der Waals surface area contributed by atoms with E-state index in [0.717, 1.165) is 0 Å². The molecule has 0 aliphatic heterocycles. The molecule has 0 saturated heterocycles. The minimum absolute atomic E-state index is 0.0562. The van der Waals surface area contributed by atoms with Gasteiger partial charge < -0.3 is 0 Å². The number of benzene rings is 1. The van der Waals surface area contributed by atoms with Gasteiger partial charge in [-0.1, -0.05) is 15.9 Å². The minimum atomic E-state index is -3.88. The predicted molar refractivity (Wildman–Crippen MR) is 56.6 cm³/mol. The summed E-state index contributed by atoms with van der Waals surface area (Å²) in [5.74, 6) is 0. The molecule has 0 heterocycles. The van der Waals surface area contributed by atoms with Crippen LogP contribution in [-0.4, -0.2) is 8.42 Å². The van der Waals surface area contributed by atoms with E-state index in [1.807, 2.05) is 0 Å². The van der Waals surface area contributed by atoms with E-state index in [1.165, 1.54) is 6.07 Å². The van der Waals surface area contributed by atoms with E-state index in [2.05, 4.69) is 15.9 Å². The highest BCUT2D eigenvalue weighted by molar-refractivity contribution is 9.10. The molecule has 0 fully saturated rings. The summed E-state index contributed by atoms with van der Waals surface area (Å²) in [5.41, 5.74) is 0.500. The standard InChI is InChI=1S/C8H5BrClNO2S/c1-5-7(9)3-2-6(4-11)8(5)14(10,12)13/h2-3H,1H3. The highest BCUT2D eigenvalue weighted by atomic mass is 79.9. The van der Waals surface area contributed by atoms with Gasteiger partial charge in [0.1, 0.15) is 11.0 Å². The van der Waals surface area contributed by atoms with E-state index in [1.54, 1.807) is 19.1 Å². The van der Waals surface area contributed by atoms with Gasteiger partial charge in [-0.05, 0) is 24.6 Å². The summed E-state index contributed by atoms with van der Waals surface area (Å²) >= 11 is 3.17. The number of rotatable bonds is 1. The van der Waals surface area contributed by atoms with E-state index in [4.69, 9.17) is 15.9 Å². The first-order valence-corrected chi connectivity index (χ1v) is 6.62. The van der Waals surface area contributed by atoms with Gasteiger partial charge in [-0.25, -0.2) is 8.42 Å². The number of nitrogens with zero attached hydrogens (tertiary/aromatic N) is 1. The number of hydrogen-bond acceptors (Lipinski definition) is 3. The zero-order chi connectivity index (χ0) is 10.9. The molecule has 0 saturated carbocycles.